The van der Waals surface area contributed by atoms with Crippen LogP contribution in [0.3, 0.4) is 0 Å². The number of alkyl halides is 3. The highest BCUT2D eigenvalue weighted by atomic mass is 79.9. The summed E-state index contributed by atoms with van der Waals surface area (Å²) in [5.41, 5.74) is 0.610. The lowest BCUT2D eigenvalue weighted by atomic mass is 10.0. The van der Waals surface area contributed by atoms with Crippen LogP contribution in [0.4, 0.5) is 13.2 Å². The summed E-state index contributed by atoms with van der Waals surface area (Å²) in [6.07, 6.45) is -4.46. The molecule has 0 aliphatic heterocycles. The van der Waals surface area contributed by atoms with E-state index in [4.69, 9.17) is 0 Å². The van der Waals surface area contributed by atoms with Gasteiger partial charge in [0, 0.05) is 4.47 Å². The second-order valence-electron chi connectivity index (χ2n) is 5.87. The van der Waals surface area contributed by atoms with E-state index in [0.717, 1.165) is 22.2 Å². The van der Waals surface area contributed by atoms with Gasteiger partial charge in [-0.15, -0.1) is 0 Å². The van der Waals surface area contributed by atoms with Gasteiger partial charge in [0.25, 0.3) is 5.56 Å². The van der Waals surface area contributed by atoms with E-state index in [2.05, 4.69) is 21.0 Å². The van der Waals surface area contributed by atoms with E-state index in [1.165, 1.54) is 22.9 Å². The molecule has 1 aromatic heterocycles. The molecule has 0 amide bonds. The van der Waals surface area contributed by atoms with Crippen LogP contribution in [-0.2, 0) is 12.7 Å². The van der Waals surface area contributed by atoms with Gasteiger partial charge in [0.2, 0.25) is 0 Å². The molecule has 3 aromatic rings. The molecule has 0 spiro atoms. The minimum atomic E-state index is -4.46. The van der Waals surface area contributed by atoms with Crippen LogP contribution < -0.4 is 5.56 Å². The highest BCUT2D eigenvalue weighted by Crippen LogP contribution is 2.31. The standard InChI is InChI=1S/C19H14BrF3N2O/c1-12-9-17(14-3-2-4-15(10-14)19(21,22)23)18(26)25(24-12)11-13-5-7-16(20)8-6-13/h2-10H,11H2,1H3. The average molecular weight is 423 g/mol. The van der Waals surface area contributed by atoms with Crippen LogP contribution >= 0.6 is 15.9 Å². The summed E-state index contributed by atoms with van der Waals surface area (Å²) in [5.74, 6) is 0. The third kappa shape index (κ3) is 4.04. The van der Waals surface area contributed by atoms with E-state index in [1.807, 2.05) is 24.3 Å². The zero-order chi connectivity index (χ0) is 18.9. The Morgan fingerprint density at radius 3 is 2.42 bits per heavy atom. The molecule has 1 heterocycles. The van der Waals surface area contributed by atoms with Crippen LogP contribution in [0.5, 0.6) is 0 Å². The lowest BCUT2D eigenvalue weighted by molar-refractivity contribution is -0.137. The van der Waals surface area contributed by atoms with Gasteiger partial charge in [0.15, 0.2) is 0 Å². The van der Waals surface area contributed by atoms with Crippen molar-refractivity contribution >= 4 is 15.9 Å². The van der Waals surface area contributed by atoms with Gasteiger partial charge < -0.3 is 0 Å². The van der Waals surface area contributed by atoms with Gasteiger partial charge in [-0.05, 0) is 48.4 Å². The zero-order valence-corrected chi connectivity index (χ0v) is 15.3. The fraction of sp³-hybridized carbons (Fsp3) is 0.158. The summed E-state index contributed by atoms with van der Waals surface area (Å²) >= 11 is 3.35. The third-order valence-corrected chi connectivity index (χ3v) is 4.37. The largest absolute Gasteiger partial charge is 0.416 e. The first-order valence-corrected chi connectivity index (χ1v) is 8.54. The molecule has 0 aliphatic carbocycles. The summed E-state index contributed by atoms with van der Waals surface area (Å²) < 4.78 is 41.1. The maximum absolute atomic E-state index is 13.0. The number of benzene rings is 2. The Labute approximate surface area is 156 Å². The Hall–Kier alpha value is -2.41. The van der Waals surface area contributed by atoms with E-state index in [-0.39, 0.29) is 17.7 Å². The van der Waals surface area contributed by atoms with Crippen LogP contribution in [0.2, 0.25) is 0 Å². The molecular formula is C19H14BrF3N2O. The van der Waals surface area contributed by atoms with Crippen molar-refractivity contribution in [2.45, 2.75) is 19.6 Å². The lowest BCUT2D eigenvalue weighted by Crippen LogP contribution is -2.25. The predicted octanol–water partition coefficient (Wildman–Crippen LogP) is 5.05. The van der Waals surface area contributed by atoms with Gasteiger partial charge in [0.1, 0.15) is 0 Å². The minimum absolute atomic E-state index is 0.195. The summed E-state index contributed by atoms with van der Waals surface area (Å²) in [6.45, 7) is 1.94. The molecule has 7 heteroatoms. The van der Waals surface area contributed by atoms with Gasteiger partial charge in [-0.25, -0.2) is 4.68 Å². The summed E-state index contributed by atoms with van der Waals surface area (Å²) in [4.78, 5) is 12.8. The molecule has 0 atom stereocenters. The van der Waals surface area contributed by atoms with Crippen LogP contribution in [0.1, 0.15) is 16.8 Å². The number of rotatable bonds is 3. The summed E-state index contributed by atoms with van der Waals surface area (Å²) in [5, 5.41) is 4.22. The lowest BCUT2D eigenvalue weighted by Gasteiger charge is -2.11. The van der Waals surface area contributed by atoms with Crippen LogP contribution in [-0.4, -0.2) is 9.78 Å². The Morgan fingerprint density at radius 1 is 1.08 bits per heavy atom. The number of aryl methyl sites for hydroxylation is 1. The number of halogens is 4. The first-order valence-electron chi connectivity index (χ1n) is 7.75. The molecule has 0 saturated heterocycles. The van der Waals surface area contributed by atoms with E-state index >= 15 is 0 Å². The van der Waals surface area contributed by atoms with E-state index in [9.17, 15) is 18.0 Å². The van der Waals surface area contributed by atoms with Crippen molar-refractivity contribution in [3.8, 4) is 11.1 Å². The molecular weight excluding hydrogens is 409 g/mol. The van der Waals surface area contributed by atoms with Crippen molar-refractivity contribution in [2.24, 2.45) is 0 Å². The van der Waals surface area contributed by atoms with Crippen molar-refractivity contribution in [2.75, 3.05) is 0 Å². The smallest absolute Gasteiger partial charge is 0.267 e. The molecule has 0 bridgehead atoms. The van der Waals surface area contributed by atoms with E-state index in [1.54, 1.807) is 6.92 Å². The van der Waals surface area contributed by atoms with Crippen molar-refractivity contribution in [1.82, 2.24) is 9.78 Å². The highest BCUT2D eigenvalue weighted by molar-refractivity contribution is 9.10. The molecule has 3 nitrogen and oxygen atoms in total. The van der Waals surface area contributed by atoms with Crippen molar-refractivity contribution in [3.05, 3.63) is 86.2 Å². The predicted molar refractivity (Wildman–Crippen MR) is 96.9 cm³/mol. The molecule has 0 N–H and O–H groups in total. The number of hydrogen-bond acceptors (Lipinski definition) is 2. The monoisotopic (exact) mass is 422 g/mol. The number of aromatic nitrogens is 2. The third-order valence-electron chi connectivity index (χ3n) is 3.84. The Bertz CT molecular complexity index is 995. The van der Waals surface area contributed by atoms with Crippen molar-refractivity contribution in [1.29, 1.82) is 0 Å². The number of hydrogen-bond donors (Lipinski definition) is 0. The van der Waals surface area contributed by atoms with Gasteiger partial charge >= 0.3 is 6.18 Å². The van der Waals surface area contributed by atoms with E-state index in [0.29, 0.717) is 5.69 Å². The second-order valence-corrected chi connectivity index (χ2v) is 6.78. The quantitative estimate of drug-likeness (QED) is 0.591. The van der Waals surface area contributed by atoms with Crippen LogP contribution in [0.15, 0.2) is 63.9 Å². The maximum atomic E-state index is 13.0. The van der Waals surface area contributed by atoms with Gasteiger partial charge in [-0.3, -0.25) is 4.79 Å². The molecule has 134 valence electrons. The fourth-order valence-electron chi connectivity index (χ4n) is 2.61. The summed E-state index contributed by atoms with van der Waals surface area (Å²) in [6, 6.07) is 13.7. The van der Waals surface area contributed by atoms with Gasteiger partial charge in [-0.2, -0.15) is 18.3 Å². The minimum Gasteiger partial charge on any atom is -0.267 e. The molecule has 26 heavy (non-hydrogen) atoms. The van der Waals surface area contributed by atoms with Crippen LogP contribution in [0.25, 0.3) is 11.1 Å². The molecule has 0 saturated carbocycles. The summed E-state index contributed by atoms with van der Waals surface area (Å²) in [7, 11) is 0. The molecule has 0 aliphatic rings. The topological polar surface area (TPSA) is 34.9 Å². The Balaban J connectivity index is 2.05. The van der Waals surface area contributed by atoms with E-state index < -0.39 is 17.3 Å². The molecule has 0 fully saturated rings. The SMILES string of the molecule is Cc1cc(-c2cccc(C(F)(F)F)c2)c(=O)n(Cc2ccc(Br)cc2)n1. The molecule has 0 radical (unpaired) electrons. The average Bonchev–Trinajstić information content (AvgIpc) is 2.59. The highest BCUT2D eigenvalue weighted by Gasteiger charge is 2.30. The maximum Gasteiger partial charge on any atom is 0.416 e. The number of nitrogens with zero attached hydrogens (tertiary/aromatic N) is 2. The second kappa shape index (κ2) is 7.07. The molecule has 0 unspecified atom stereocenters. The Morgan fingerprint density at radius 2 is 1.77 bits per heavy atom. The zero-order valence-electron chi connectivity index (χ0n) is 13.7. The van der Waals surface area contributed by atoms with Crippen molar-refractivity contribution < 1.29 is 13.2 Å². The fourth-order valence-corrected chi connectivity index (χ4v) is 2.88. The van der Waals surface area contributed by atoms with Crippen molar-refractivity contribution in [3.63, 3.8) is 0 Å². The first-order chi connectivity index (χ1) is 12.2. The normalized spacial score (nSPS) is 11.6. The van der Waals surface area contributed by atoms with Gasteiger partial charge in [0.05, 0.1) is 23.4 Å². The molecule has 3 rings (SSSR count). The van der Waals surface area contributed by atoms with Crippen LogP contribution in [0, 0.1) is 6.92 Å². The Kier molecular flexibility index (Phi) is 5.00. The van der Waals surface area contributed by atoms with Gasteiger partial charge in [-0.1, -0.05) is 40.2 Å². The first kappa shape index (κ1) is 18.4. The molecule has 2 aromatic carbocycles.